The van der Waals surface area contributed by atoms with Crippen LogP contribution in [0.15, 0.2) is 21.8 Å². The standard InChI is InChI=1S/C14H20N2O3S/c1-16(2)5-3-4-6-20-10-7-12(17)11-9-15-19-14(11)13(18)8-10/h7-8,15,18H,3-6,9H2,1-2H3. The molecule has 2 rings (SSSR count). The van der Waals surface area contributed by atoms with E-state index in [-0.39, 0.29) is 16.9 Å². The van der Waals surface area contributed by atoms with Crippen LogP contribution < -0.4 is 15.7 Å². The monoisotopic (exact) mass is 296 g/mol. The van der Waals surface area contributed by atoms with Crippen molar-refractivity contribution >= 4 is 11.8 Å². The highest BCUT2D eigenvalue weighted by Crippen LogP contribution is 2.32. The molecule has 1 aliphatic rings. The number of thioether (sulfide) groups is 1. The highest BCUT2D eigenvalue weighted by atomic mass is 32.2. The van der Waals surface area contributed by atoms with Crippen molar-refractivity contribution in [2.75, 3.05) is 26.4 Å². The van der Waals surface area contributed by atoms with Crippen molar-refractivity contribution in [2.45, 2.75) is 24.3 Å². The second kappa shape index (κ2) is 6.97. The van der Waals surface area contributed by atoms with Crippen molar-refractivity contribution in [3.05, 3.63) is 27.9 Å². The Kier molecular flexibility index (Phi) is 5.28. The zero-order valence-corrected chi connectivity index (χ0v) is 12.6. The first-order valence-electron chi connectivity index (χ1n) is 6.65. The third-order valence-electron chi connectivity index (χ3n) is 3.05. The number of nitrogens with one attached hydrogen (secondary N) is 1. The summed E-state index contributed by atoms with van der Waals surface area (Å²) in [5.74, 6) is 1.21. The molecule has 1 aromatic rings. The summed E-state index contributed by atoms with van der Waals surface area (Å²) in [5, 5.41) is 9.95. The number of unbranched alkanes of at least 4 members (excludes halogenated alkanes) is 1. The van der Waals surface area contributed by atoms with Crippen LogP contribution in [0.3, 0.4) is 0 Å². The third kappa shape index (κ3) is 3.88. The van der Waals surface area contributed by atoms with Gasteiger partial charge in [0.05, 0.1) is 12.1 Å². The van der Waals surface area contributed by atoms with Gasteiger partial charge in [-0.15, -0.1) is 11.8 Å². The molecule has 0 fully saturated rings. The Morgan fingerprint density at radius 2 is 2.20 bits per heavy atom. The Morgan fingerprint density at radius 3 is 2.95 bits per heavy atom. The molecule has 1 aliphatic heterocycles. The normalized spacial score (nSPS) is 13.3. The minimum absolute atomic E-state index is 0.0166. The molecule has 0 unspecified atom stereocenters. The van der Waals surface area contributed by atoms with E-state index in [9.17, 15) is 9.90 Å². The first-order chi connectivity index (χ1) is 9.58. The van der Waals surface area contributed by atoms with E-state index in [0.717, 1.165) is 30.0 Å². The topological polar surface area (TPSA) is 61.8 Å². The molecule has 0 aliphatic carbocycles. The highest BCUT2D eigenvalue weighted by Gasteiger charge is 2.19. The van der Waals surface area contributed by atoms with Crippen molar-refractivity contribution in [3.8, 4) is 11.5 Å². The molecular weight excluding hydrogens is 276 g/mol. The van der Waals surface area contributed by atoms with Gasteiger partial charge in [0, 0.05) is 4.90 Å². The summed E-state index contributed by atoms with van der Waals surface area (Å²) in [5.41, 5.74) is 2.99. The zero-order chi connectivity index (χ0) is 14.5. The number of hydrogen-bond acceptors (Lipinski definition) is 6. The van der Waals surface area contributed by atoms with Gasteiger partial charge in [0.25, 0.3) is 0 Å². The van der Waals surface area contributed by atoms with Gasteiger partial charge in [0.2, 0.25) is 0 Å². The largest absolute Gasteiger partial charge is 0.504 e. The molecule has 2 N–H and O–H groups in total. The number of fused-ring (bicyclic) bond motifs is 1. The lowest BCUT2D eigenvalue weighted by Crippen LogP contribution is -2.12. The number of nitrogens with zero attached hydrogens (tertiary/aromatic N) is 1. The Balaban J connectivity index is 2.00. The van der Waals surface area contributed by atoms with Crippen LogP contribution in [0.4, 0.5) is 0 Å². The van der Waals surface area contributed by atoms with Gasteiger partial charge in [0.15, 0.2) is 16.9 Å². The molecule has 0 saturated heterocycles. The van der Waals surface area contributed by atoms with E-state index >= 15 is 0 Å². The SMILES string of the molecule is CN(C)CCCCSc1cc(O)c2c(c(=O)c1)CNO2. The quantitative estimate of drug-likeness (QED) is 0.614. The first-order valence-corrected chi connectivity index (χ1v) is 7.64. The molecule has 0 atom stereocenters. The molecule has 0 bridgehead atoms. The number of aromatic hydroxyl groups is 1. The molecule has 6 heteroatoms. The lowest BCUT2D eigenvalue weighted by molar-refractivity contribution is 0.216. The van der Waals surface area contributed by atoms with E-state index in [1.54, 1.807) is 23.9 Å². The Hall–Kier alpha value is -1.24. The summed E-state index contributed by atoms with van der Waals surface area (Å²) >= 11 is 1.59. The Morgan fingerprint density at radius 1 is 1.40 bits per heavy atom. The van der Waals surface area contributed by atoms with E-state index in [1.807, 2.05) is 0 Å². The van der Waals surface area contributed by atoms with Crippen LogP contribution >= 0.6 is 11.8 Å². The van der Waals surface area contributed by atoms with Gasteiger partial charge in [-0.3, -0.25) is 4.79 Å². The van der Waals surface area contributed by atoms with Crippen molar-refractivity contribution in [1.82, 2.24) is 10.4 Å². The average molecular weight is 296 g/mol. The second-order valence-electron chi connectivity index (χ2n) is 5.03. The summed E-state index contributed by atoms with van der Waals surface area (Å²) in [6, 6.07) is 3.18. The van der Waals surface area contributed by atoms with Crippen LogP contribution in [-0.2, 0) is 6.54 Å². The number of rotatable bonds is 6. The predicted octanol–water partition coefficient (Wildman–Crippen LogP) is 1.58. The van der Waals surface area contributed by atoms with Gasteiger partial charge in [-0.2, -0.15) is 5.48 Å². The van der Waals surface area contributed by atoms with Gasteiger partial charge in [-0.25, -0.2) is 0 Å². The first kappa shape index (κ1) is 15.2. The maximum absolute atomic E-state index is 12.0. The van der Waals surface area contributed by atoms with Crippen LogP contribution in [0.5, 0.6) is 11.5 Å². The van der Waals surface area contributed by atoms with Gasteiger partial charge < -0.3 is 14.8 Å². The maximum atomic E-state index is 12.0. The van der Waals surface area contributed by atoms with Crippen molar-refractivity contribution in [1.29, 1.82) is 0 Å². The molecule has 0 saturated carbocycles. The van der Waals surface area contributed by atoms with Gasteiger partial charge in [0.1, 0.15) is 0 Å². The molecule has 1 aromatic carbocycles. The van der Waals surface area contributed by atoms with E-state index < -0.39 is 0 Å². The molecule has 20 heavy (non-hydrogen) atoms. The molecule has 5 nitrogen and oxygen atoms in total. The summed E-state index contributed by atoms with van der Waals surface area (Å²) in [4.78, 5) is 20.0. The van der Waals surface area contributed by atoms with Crippen molar-refractivity contribution in [3.63, 3.8) is 0 Å². The smallest absolute Gasteiger partial charge is 0.197 e. The minimum atomic E-state index is -0.0962. The fourth-order valence-corrected chi connectivity index (χ4v) is 2.96. The Bertz CT molecular complexity index is 535. The molecule has 0 spiro atoms. The summed E-state index contributed by atoms with van der Waals surface area (Å²) < 4.78 is 0. The highest BCUT2D eigenvalue weighted by molar-refractivity contribution is 7.99. The lowest BCUT2D eigenvalue weighted by Gasteiger charge is -2.08. The molecule has 0 amide bonds. The van der Waals surface area contributed by atoms with Crippen LogP contribution in [-0.4, -0.2) is 36.4 Å². The van der Waals surface area contributed by atoms with Crippen LogP contribution in [0, 0.1) is 0 Å². The summed E-state index contributed by atoms with van der Waals surface area (Å²) in [6.07, 6.45) is 2.20. The predicted molar refractivity (Wildman–Crippen MR) is 80.4 cm³/mol. The minimum Gasteiger partial charge on any atom is -0.504 e. The van der Waals surface area contributed by atoms with Gasteiger partial charge >= 0.3 is 0 Å². The summed E-state index contributed by atoms with van der Waals surface area (Å²) in [6.45, 7) is 1.40. The van der Waals surface area contributed by atoms with Gasteiger partial charge in [-0.05, 0) is 51.4 Å². The number of hydrogen-bond donors (Lipinski definition) is 2. The molecule has 0 aromatic heterocycles. The average Bonchev–Trinajstić information content (AvgIpc) is 2.83. The van der Waals surface area contributed by atoms with Crippen molar-refractivity contribution < 1.29 is 9.94 Å². The Labute approximate surface area is 122 Å². The molecule has 1 heterocycles. The van der Waals surface area contributed by atoms with E-state index in [1.165, 1.54) is 0 Å². The van der Waals surface area contributed by atoms with Crippen LogP contribution in [0.2, 0.25) is 0 Å². The lowest BCUT2D eigenvalue weighted by atomic mass is 10.2. The van der Waals surface area contributed by atoms with E-state index in [4.69, 9.17) is 4.84 Å². The molecule has 110 valence electrons. The van der Waals surface area contributed by atoms with E-state index in [2.05, 4.69) is 24.5 Å². The fourth-order valence-electron chi connectivity index (χ4n) is 1.99. The second-order valence-corrected chi connectivity index (χ2v) is 6.20. The van der Waals surface area contributed by atoms with Crippen LogP contribution in [0.25, 0.3) is 0 Å². The number of hydroxylamine groups is 1. The van der Waals surface area contributed by atoms with E-state index in [0.29, 0.717) is 12.1 Å². The van der Waals surface area contributed by atoms with Crippen molar-refractivity contribution in [2.24, 2.45) is 0 Å². The third-order valence-corrected chi connectivity index (χ3v) is 4.11. The molecule has 0 radical (unpaired) electrons. The fraction of sp³-hybridized carbons (Fsp3) is 0.500. The molecular formula is C14H20N2O3S. The maximum Gasteiger partial charge on any atom is 0.197 e. The zero-order valence-electron chi connectivity index (χ0n) is 11.8. The van der Waals surface area contributed by atoms with Gasteiger partial charge in [-0.1, -0.05) is 0 Å². The van der Waals surface area contributed by atoms with Crippen LogP contribution in [0.1, 0.15) is 18.4 Å². The summed E-state index contributed by atoms with van der Waals surface area (Å²) in [7, 11) is 4.11.